The highest BCUT2D eigenvalue weighted by molar-refractivity contribution is 5.23. The van der Waals surface area contributed by atoms with E-state index in [2.05, 4.69) is 62.0 Å². The molecule has 0 amide bonds. The quantitative estimate of drug-likeness (QED) is 0.813. The lowest BCUT2D eigenvalue weighted by molar-refractivity contribution is 0.0805. The standard InChI is InChI=1S/C18H26N2/c1-17(2)14-9-10-18(17,3)16-13(14)11-15(19-20-16)12-7-5-4-6-8-12/h4-8,13-16,19-20H,9-11H2,1-3H3/t13?,14-,15?,16?,18-/m1/s1. The molecule has 1 saturated heterocycles. The normalized spacial score (nSPS) is 45.4. The molecular weight excluding hydrogens is 244 g/mol. The second kappa shape index (κ2) is 4.08. The molecule has 0 radical (unpaired) electrons. The van der Waals surface area contributed by atoms with Gasteiger partial charge in [-0.05, 0) is 47.5 Å². The van der Waals surface area contributed by atoms with Crippen LogP contribution in [0.15, 0.2) is 30.3 Å². The van der Waals surface area contributed by atoms with Crippen LogP contribution < -0.4 is 10.9 Å². The van der Waals surface area contributed by atoms with Crippen LogP contribution in [-0.2, 0) is 0 Å². The average molecular weight is 270 g/mol. The molecule has 0 spiro atoms. The van der Waals surface area contributed by atoms with E-state index in [0.29, 0.717) is 22.9 Å². The lowest BCUT2D eigenvalue weighted by Gasteiger charge is -2.45. The Morgan fingerprint density at radius 3 is 2.55 bits per heavy atom. The first-order valence-electron chi connectivity index (χ1n) is 8.10. The van der Waals surface area contributed by atoms with Crippen LogP contribution in [0.4, 0.5) is 0 Å². The molecule has 2 saturated carbocycles. The fraction of sp³-hybridized carbons (Fsp3) is 0.667. The van der Waals surface area contributed by atoms with Crippen molar-refractivity contribution in [2.24, 2.45) is 22.7 Å². The number of rotatable bonds is 1. The molecule has 2 bridgehead atoms. The van der Waals surface area contributed by atoms with E-state index in [9.17, 15) is 0 Å². The molecule has 2 aliphatic carbocycles. The van der Waals surface area contributed by atoms with Crippen molar-refractivity contribution in [3.8, 4) is 0 Å². The third-order valence-electron chi connectivity index (χ3n) is 7.13. The molecule has 5 atom stereocenters. The van der Waals surface area contributed by atoms with E-state index in [1.807, 2.05) is 0 Å². The van der Waals surface area contributed by atoms with Crippen LogP contribution in [0, 0.1) is 22.7 Å². The van der Waals surface area contributed by atoms with Gasteiger partial charge in [0.2, 0.25) is 0 Å². The summed E-state index contributed by atoms with van der Waals surface area (Å²) in [4.78, 5) is 0. The molecule has 1 aromatic carbocycles. The van der Waals surface area contributed by atoms with Crippen LogP contribution >= 0.6 is 0 Å². The highest BCUT2D eigenvalue weighted by atomic mass is 15.4. The zero-order valence-electron chi connectivity index (χ0n) is 12.8. The van der Waals surface area contributed by atoms with Crippen molar-refractivity contribution in [1.29, 1.82) is 0 Å². The molecular formula is C18H26N2. The minimum absolute atomic E-state index is 0.455. The van der Waals surface area contributed by atoms with Crippen LogP contribution in [0.2, 0.25) is 0 Å². The SMILES string of the molecule is CC1(C)[C@@H]2CC[C@]1(C)C1NNC(c3ccccc3)CC12. The molecule has 3 aliphatic rings. The maximum Gasteiger partial charge on any atom is 0.0465 e. The third kappa shape index (κ3) is 1.47. The lowest BCUT2D eigenvalue weighted by Crippen LogP contribution is -2.57. The zero-order chi connectivity index (χ0) is 14.0. The Kier molecular flexibility index (Phi) is 2.62. The average Bonchev–Trinajstić information content (AvgIpc) is 2.79. The Morgan fingerprint density at radius 2 is 1.80 bits per heavy atom. The first-order chi connectivity index (χ1) is 9.54. The number of fused-ring (bicyclic) bond motifs is 5. The Labute approximate surface area is 122 Å². The molecule has 2 nitrogen and oxygen atoms in total. The summed E-state index contributed by atoms with van der Waals surface area (Å²) in [7, 11) is 0. The number of hydrogen-bond donors (Lipinski definition) is 2. The summed E-state index contributed by atoms with van der Waals surface area (Å²) in [5, 5.41) is 0. The minimum Gasteiger partial charge on any atom is -0.253 e. The van der Waals surface area contributed by atoms with E-state index in [-0.39, 0.29) is 0 Å². The van der Waals surface area contributed by atoms with Gasteiger partial charge >= 0.3 is 0 Å². The van der Waals surface area contributed by atoms with Crippen molar-refractivity contribution >= 4 is 0 Å². The van der Waals surface area contributed by atoms with Crippen LogP contribution in [0.3, 0.4) is 0 Å². The Bertz CT molecular complexity index is 509. The summed E-state index contributed by atoms with van der Waals surface area (Å²) < 4.78 is 0. The lowest BCUT2D eigenvalue weighted by atomic mass is 9.69. The number of hydrogen-bond acceptors (Lipinski definition) is 2. The van der Waals surface area contributed by atoms with Crippen molar-refractivity contribution in [2.75, 3.05) is 0 Å². The first kappa shape index (κ1) is 12.8. The summed E-state index contributed by atoms with van der Waals surface area (Å²) in [6, 6.07) is 12.0. The van der Waals surface area contributed by atoms with Gasteiger partial charge in [0.05, 0.1) is 0 Å². The van der Waals surface area contributed by atoms with E-state index < -0.39 is 0 Å². The van der Waals surface area contributed by atoms with Crippen LogP contribution in [0.5, 0.6) is 0 Å². The van der Waals surface area contributed by atoms with E-state index in [1.54, 1.807) is 0 Å². The Morgan fingerprint density at radius 1 is 1.05 bits per heavy atom. The van der Waals surface area contributed by atoms with Crippen molar-refractivity contribution in [2.45, 2.75) is 52.1 Å². The predicted molar refractivity (Wildman–Crippen MR) is 82.0 cm³/mol. The second-order valence-electron chi connectivity index (χ2n) is 7.91. The van der Waals surface area contributed by atoms with Crippen LogP contribution in [0.1, 0.15) is 51.6 Å². The van der Waals surface area contributed by atoms with Crippen molar-refractivity contribution in [1.82, 2.24) is 10.9 Å². The number of benzene rings is 1. The fourth-order valence-electron chi connectivity index (χ4n) is 5.57. The monoisotopic (exact) mass is 270 g/mol. The van der Waals surface area contributed by atoms with Crippen molar-refractivity contribution in [3.63, 3.8) is 0 Å². The van der Waals surface area contributed by atoms with Gasteiger partial charge in [-0.1, -0.05) is 51.1 Å². The van der Waals surface area contributed by atoms with E-state index >= 15 is 0 Å². The number of hydrazine groups is 1. The van der Waals surface area contributed by atoms with Gasteiger partial charge in [-0.15, -0.1) is 0 Å². The van der Waals surface area contributed by atoms with Gasteiger partial charge in [0, 0.05) is 12.1 Å². The second-order valence-corrected chi connectivity index (χ2v) is 7.91. The Balaban J connectivity index is 1.63. The summed E-state index contributed by atoms with van der Waals surface area (Å²) in [5.41, 5.74) is 9.66. The summed E-state index contributed by atoms with van der Waals surface area (Å²) in [5.74, 6) is 1.72. The van der Waals surface area contributed by atoms with E-state index in [4.69, 9.17) is 0 Å². The van der Waals surface area contributed by atoms with Gasteiger partial charge in [0.15, 0.2) is 0 Å². The molecule has 20 heavy (non-hydrogen) atoms. The molecule has 4 rings (SSSR count). The van der Waals surface area contributed by atoms with Gasteiger partial charge in [-0.2, -0.15) is 0 Å². The van der Waals surface area contributed by atoms with Crippen LogP contribution in [0.25, 0.3) is 0 Å². The van der Waals surface area contributed by atoms with Gasteiger partial charge in [0.25, 0.3) is 0 Å². The zero-order valence-corrected chi connectivity index (χ0v) is 12.8. The molecule has 3 fully saturated rings. The topological polar surface area (TPSA) is 24.1 Å². The third-order valence-corrected chi connectivity index (χ3v) is 7.13. The van der Waals surface area contributed by atoms with Gasteiger partial charge in [0.1, 0.15) is 0 Å². The summed E-state index contributed by atoms with van der Waals surface area (Å²) in [6.45, 7) is 7.51. The van der Waals surface area contributed by atoms with Crippen molar-refractivity contribution < 1.29 is 0 Å². The van der Waals surface area contributed by atoms with Gasteiger partial charge < -0.3 is 0 Å². The minimum atomic E-state index is 0.455. The largest absolute Gasteiger partial charge is 0.253 e. The summed E-state index contributed by atoms with van der Waals surface area (Å²) >= 11 is 0. The maximum atomic E-state index is 3.71. The molecule has 0 aromatic heterocycles. The van der Waals surface area contributed by atoms with Crippen molar-refractivity contribution in [3.05, 3.63) is 35.9 Å². The van der Waals surface area contributed by atoms with Gasteiger partial charge in [-0.25, -0.2) is 0 Å². The summed E-state index contributed by atoms with van der Waals surface area (Å²) in [6.07, 6.45) is 4.09. The molecule has 1 heterocycles. The smallest absolute Gasteiger partial charge is 0.0465 e. The van der Waals surface area contributed by atoms with E-state index in [0.717, 1.165) is 11.8 Å². The van der Waals surface area contributed by atoms with Gasteiger partial charge in [-0.3, -0.25) is 10.9 Å². The molecule has 2 heteroatoms. The van der Waals surface area contributed by atoms with E-state index in [1.165, 1.54) is 24.8 Å². The maximum absolute atomic E-state index is 3.71. The van der Waals surface area contributed by atoms with Crippen LogP contribution in [-0.4, -0.2) is 6.04 Å². The highest BCUT2D eigenvalue weighted by Gasteiger charge is 2.66. The molecule has 3 unspecified atom stereocenters. The molecule has 1 aliphatic heterocycles. The molecule has 108 valence electrons. The first-order valence-corrected chi connectivity index (χ1v) is 8.10. The Hall–Kier alpha value is -0.860. The molecule has 1 aromatic rings. The fourth-order valence-corrected chi connectivity index (χ4v) is 5.57. The predicted octanol–water partition coefficient (Wildman–Crippen LogP) is 3.67. The molecule has 2 N–H and O–H groups in total. The highest BCUT2D eigenvalue weighted by Crippen LogP contribution is 2.69. The number of nitrogens with one attached hydrogen (secondary N) is 2.